The van der Waals surface area contributed by atoms with Crippen LogP contribution >= 0.6 is 0 Å². The minimum absolute atomic E-state index is 0.0274. The lowest BCUT2D eigenvalue weighted by atomic mass is 10.3. The van der Waals surface area contributed by atoms with E-state index in [1.807, 2.05) is 18.2 Å². The van der Waals surface area contributed by atoms with Gasteiger partial charge in [-0.25, -0.2) is 0 Å². The number of carbonyl (C=O) groups excluding carboxylic acids is 1. The quantitative estimate of drug-likeness (QED) is 0.826. The van der Waals surface area contributed by atoms with E-state index in [2.05, 4.69) is 10.6 Å². The number of benzene rings is 1. The number of hydrogen-bond acceptors (Lipinski definition) is 4. The Balaban J connectivity index is 1.48. The number of fused-ring (bicyclic) bond motifs is 1. The first-order valence-electron chi connectivity index (χ1n) is 6.21. The Bertz CT molecular complexity index is 458. The molecule has 1 aromatic carbocycles. The number of carbonyl (C=O) groups is 1. The lowest BCUT2D eigenvalue weighted by Crippen LogP contribution is -2.31. The van der Waals surface area contributed by atoms with Crippen LogP contribution in [0.3, 0.4) is 0 Å². The highest BCUT2D eigenvalue weighted by atomic mass is 16.7. The van der Waals surface area contributed by atoms with Gasteiger partial charge in [0.2, 0.25) is 12.7 Å². The summed E-state index contributed by atoms with van der Waals surface area (Å²) in [4.78, 5) is 11.6. The number of nitrogens with one attached hydrogen (secondary N) is 2. The zero-order chi connectivity index (χ0) is 12.4. The lowest BCUT2D eigenvalue weighted by Gasteiger charge is -2.07. The third-order valence-electron chi connectivity index (χ3n) is 3.11. The predicted octanol–water partition coefficient (Wildman–Crippen LogP) is 1.35. The molecule has 5 nitrogen and oxygen atoms in total. The third-order valence-corrected chi connectivity index (χ3v) is 3.11. The van der Waals surface area contributed by atoms with Gasteiger partial charge < -0.3 is 20.1 Å². The maximum absolute atomic E-state index is 11.6. The summed E-state index contributed by atoms with van der Waals surface area (Å²) < 4.78 is 10.5. The van der Waals surface area contributed by atoms with Crippen molar-refractivity contribution in [3.05, 3.63) is 18.2 Å². The van der Waals surface area contributed by atoms with Crippen LogP contribution in [-0.4, -0.2) is 25.8 Å². The molecule has 1 amide bonds. The van der Waals surface area contributed by atoms with E-state index < -0.39 is 0 Å². The molecule has 0 spiro atoms. The van der Waals surface area contributed by atoms with Gasteiger partial charge in [0.25, 0.3) is 0 Å². The van der Waals surface area contributed by atoms with Crippen LogP contribution in [0.25, 0.3) is 0 Å². The van der Waals surface area contributed by atoms with Crippen LogP contribution in [0.2, 0.25) is 0 Å². The molecule has 5 heteroatoms. The summed E-state index contributed by atoms with van der Waals surface area (Å²) in [5.74, 6) is 2.20. The number of rotatable bonds is 5. The molecule has 1 aliphatic carbocycles. The van der Waals surface area contributed by atoms with Crippen molar-refractivity contribution in [1.29, 1.82) is 0 Å². The van der Waals surface area contributed by atoms with E-state index in [1.165, 1.54) is 12.8 Å². The molecule has 0 atom stereocenters. The number of ether oxygens (including phenoxy) is 2. The van der Waals surface area contributed by atoms with Crippen molar-refractivity contribution >= 4 is 11.6 Å². The summed E-state index contributed by atoms with van der Waals surface area (Å²) in [7, 11) is 0. The average Bonchev–Trinajstić information content (AvgIpc) is 3.10. The Hall–Kier alpha value is -1.91. The zero-order valence-electron chi connectivity index (χ0n) is 10.1. The highest BCUT2D eigenvalue weighted by Gasteiger charge is 2.21. The van der Waals surface area contributed by atoms with Crippen LogP contribution in [0.4, 0.5) is 5.69 Å². The topological polar surface area (TPSA) is 59.6 Å². The first-order chi connectivity index (χ1) is 8.81. The summed E-state index contributed by atoms with van der Waals surface area (Å²) in [5, 5.41) is 5.98. The molecule has 0 aromatic heterocycles. The molecule has 0 bridgehead atoms. The Kier molecular flexibility index (Phi) is 2.96. The summed E-state index contributed by atoms with van der Waals surface area (Å²) in [6, 6.07) is 5.56. The molecule has 1 saturated carbocycles. The fourth-order valence-corrected chi connectivity index (χ4v) is 1.83. The molecule has 1 aromatic rings. The molecular formula is C13H16N2O3. The molecule has 1 aliphatic heterocycles. The summed E-state index contributed by atoms with van der Waals surface area (Å²) in [6.07, 6.45) is 2.49. The van der Waals surface area contributed by atoms with Gasteiger partial charge in [-0.2, -0.15) is 0 Å². The zero-order valence-corrected chi connectivity index (χ0v) is 10.1. The van der Waals surface area contributed by atoms with Crippen molar-refractivity contribution in [1.82, 2.24) is 5.32 Å². The fraction of sp³-hybridized carbons (Fsp3) is 0.462. The Morgan fingerprint density at radius 1 is 1.28 bits per heavy atom. The molecule has 0 unspecified atom stereocenters. The number of hydrogen-bond donors (Lipinski definition) is 2. The first kappa shape index (κ1) is 11.2. The maximum atomic E-state index is 11.6. The van der Waals surface area contributed by atoms with Gasteiger partial charge in [-0.05, 0) is 30.9 Å². The SMILES string of the molecule is O=C(CNc1ccc2c(c1)OCO2)NCC1CC1. The van der Waals surface area contributed by atoms with Crippen molar-refractivity contribution < 1.29 is 14.3 Å². The maximum Gasteiger partial charge on any atom is 0.239 e. The first-order valence-corrected chi connectivity index (χ1v) is 6.21. The molecule has 18 heavy (non-hydrogen) atoms. The Morgan fingerprint density at radius 2 is 2.11 bits per heavy atom. The van der Waals surface area contributed by atoms with Gasteiger partial charge in [-0.1, -0.05) is 0 Å². The van der Waals surface area contributed by atoms with Crippen molar-refractivity contribution in [3.63, 3.8) is 0 Å². The number of amides is 1. The van der Waals surface area contributed by atoms with E-state index in [9.17, 15) is 4.79 Å². The van der Waals surface area contributed by atoms with E-state index >= 15 is 0 Å². The van der Waals surface area contributed by atoms with Crippen molar-refractivity contribution in [2.24, 2.45) is 5.92 Å². The minimum atomic E-state index is 0.0274. The highest BCUT2D eigenvalue weighted by Crippen LogP contribution is 2.34. The van der Waals surface area contributed by atoms with Crippen LogP contribution in [-0.2, 0) is 4.79 Å². The smallest absolute Gasteiger partial charge is 0.239 e. The minimum Gasteiger partial charge on any atom is -0.454 e. The van der Waals surface area contributed by atoms with Gasteiger partial charge in [0.05, 0.1) is 6.54 Å². The van der Waals surface area contributed by atoms with Gasteiger partial charge in [0, 0.05) is 18.3 Å². The van der Waals surface area contributed by atoms with Gasteiger partial charge >= 0.3 is 0 Å². The molecular weight excluding hydrogens is 232 g/mol. The molecule has 0 radical (unpaired) electrons. The van der Waals surface area contributed by atoms with Crippen molar-refractivity contribution in [3.8, 4) is 11.5 Å². The summed E-state index contributed by atoms with van der Waals surface area (Å²) >= 11 is 0. The Morgan fingerprint density at radius 3 is 2.94 bits per heavy atom. The second kappa shape index (κ2) is 4.76. The molecule has 2 N–H and O–H groups in total. The third kappa shape index (κ3) is 2.67. The van der Waals surface area contributed by atoms with Gasteiger partial charge in [-0.3, -0.25) is 4.79 Å². The van der Waals surface area contributed by atoms with Crippen molar-refractivity contribution in [2.45, 2.75) is 12.8 Å². The molecule has 96 valence electrons. The average molecular weight is 248 g/mol. The normalized spacial score (nSPS) is 16.4. The molecule has 3 rings (SSSR count). The van der Waals surface area contributed by atoms with Gasteiger partial charge in [0.15, 0.2) is 11.5 Å². The van der Waals surface area contributed by atoms with Crippen LogP contribution in [0.5, 0.6) is 11.5 Å². The highest BCUT2D eigenvalue weighted by molar-refractivity contribution is 5.80. The lowest BCUT2D eigenvalue weighted by molar-refractivity contribution is -0.119. The van der Waals surface area contributed by atoms with E-state index in [-0.39, 0.29) is 19.2 Å². The largest absolute Gasteiger partial charge is 0.454 e. The van der Waals surface area contributed by atoms with E-state index in [1.54, 1.807) is 0 Å². The van der Waals surface area contributed by atoms with Gasteiger partial charge in [-0.15, -0.1) is 0 Å². The predicted molar refractivity (Wildman–Crippen MR) is 66.8 cm³/mol. The van der Waals surface area contributed by atoms with E-state index in [4.69, 9.17) is 9.47 Å². The Labute approximate surface area is 105 Å². The molecule has 2 aliphatic rings. The summed E-state index contributed by atoms with van der Waals surface area (Å²) in [6.45, 7) is 1.36. The van der Waals surface area contributed by atoms with Crippen LogP contribution < -0.4 is 20.1 Å². The molecule has 1 fully saturated rings. The van der Waals surface area contributed by atoms with Crippen LogP contribution in [0.1, 0.15) is 12.8 Å². The molecule has 1 heterocycles. The van der Waals surface area contributed by atoms with Crippen LogP contribution in [0.15, 0.2) is 18.2 Å². The van der Waals surface area contributed by atoms with Crippen molar-refractivity contribution in [2.75, 3.05) is 25.2 Å². The fourth-order valence-electron chi connectivity index (χ4n) is 1.83. The van der Waals surface area contributed by atoms with E-state index in [0.29, 0.717) is 5.92 Å². The standard InChI is InChI=1S/C13H16N2O3/c16-13(15-6-9-1-2-9)7-14-10-3-4-11-12(5-10)18-8-17-11/h3-5,9,14H,1-2,6-8H2,(H,15,16). The monoisotopic (exact) mass is 248 g/mol. The van der Waals surface area contributed by atoms with Crippen LogP contribution in [0, 0.1) is 5.92 Å². The number of anilines is 1. The second-order valence-corrected chi connectivity index (χ2v) is 4.67. The van der Waals surface area contributed by atoms with E-state index in [0.717, 1.165) is 23.7 Å². The summed E-state index contributed by atoms with van der Waals surface area (Å²) in [5.41, 5.74) is 0.862. The van der Waals surface area contributed by atoms with Gasteiger partial charge in [0.1, 0.15) is 0 Å². The molecule has 0 saturated heterocycles. The second-order valence-electron chi connectivity index (χ2n) is 4.67.